The lowest BCUT2D eigenvalue weighted by atomic mass is 10.00. The molecule has 2 amide bonds. The average Bonchev–Trinajstić information content (AvgIpc) is 3.04. The Kier molecular flexibility index (Phi) is 9.70. The van der Waals surface area contributed by atoms with E-state index in [4.69, 9.17) is 27.1 Å². The third kappa shape index (κ3) is 6.71. The lowest BCUT2D eigenvalue weighted by Crippen LogP contribution is -2.39. The summed E-state index contributed by atoms with van der Waals surface area (Å²) in [5.74, 6) is -0.000617. The normalized spacial score (nSPS) is 11.7. The van der Waals surface area contributed by atoms with Gasteiger partial charge in [-0.2, -0.15) is 0 Å². The van der Waals surface area contributed by atoms with Crippen LogP contribution in [-0.4, -0.2) is 34.8 Å². The fraction of sp³-hybridized carbons (Fsp3) is 0.194. The van der Waals surface area contributed by atoms with E-state index in [0.29, 0.717) is 34.6 Å². The highest BCUT2D eigenvalue weighted by Crippen LogP contribution is 2.36. The molecule has 0 aliphatic carbocycles. The second kappa shape index (κ2) is 14.0. The molecule has 7 heteroatoms. The van der Waals surface area contributed by atoms with Crippen molar-refractivity contribution in [3.8, 4) is 17.0 Å². The molecule has 1 aromatic heterocycles. The van der Waals surface area contributed by atoms with Gasteiger partial charge in [-0.3, -0.25) is 9.59 Å². The maximum atomic E-state index is 14.0. The summed E-state index contributed by atoms with van der Waals surface area (Å²) in [5.41, 5.74) is 11.1. The predicted molar refractivity (Wildman–Crippen MR) is 172 cm³/mol. The summed E-state index contributed by atoms with van der Waals surface area (Å²) >= 11 is 6.19. The van der Waals surface area contributed by atoms with Gasteiger partial charge in [-0.05, 0) is 29.2 Å². The van der Waals surface area contributed by atoms with Gasteiger partial charge in [0, 0.05) is 16.8 Å². The summed E-state index contributed by atoms with van der Waals surface area (Å²) in [7, 11) is 0. The number of fused-ring (bicyclic) bond motifs is 1. The van der Waals surface area contributed by atoms with E-state index in [2.05, 4.69) is 6.92 Å². The van der Waals surface area contributed by atoms with Gasteiger partial charge in [0.1, 0.15) is 12.3 Å². The fourth-order valence-electron chi connectivity index (χ4n) is 5.51. The molecule has 1 atom stereocenters. The number of pyridine rings is 1. The van der Waals surface area contributed by atoms with Crippen molar-refractivity contribution < 1.29 is 14.3 Å². The van der Waals surface area contributed by atoms with Crippen molar-refractivity contribution in [1.82, 2.24) is 9.88 Å². The molecule has 0 saturated carbocycles. The highest BCUT2D eigenvalue weighted by molar-refractivity contribution is 6.17. The van der Waals surface area contributed by atoms with Crippen LogP contribution in [0.1, 0.15) is 46.4 Å². The summed E-state index contributed by atoms with van der Waals surface area (Å²) in [6, 6.07) is 34.5. The second-order valence-electron chi connectivity index (χ2n) is 10.3. The highest BCUT2D eigenvalue weighted by Gasteiger charge is 2.26. The van der Waals surface area contributed by atoms with E-state index in [-0.39, 0.29) is 37.1 Å². The fourth-order valence-corrected chi connectivity index (χ4v) is 5.77. The van der Waals surface area contributed by atoms with Crippen LogP contribution in [-0.2, 0) is 17.1 Å². The van der Waals surface area contributed by atoms with E-state index < -0.39 is 5.91 Å². The SMILES string of the molecule is CC[C@@H](c1ccccc1)N(CCOc1c(-c2ccccc2)nc2ccccc2c1C(N)=O)C(=O)Cc1ccccc1CCl. The quantitative estimate of drug-likeness (QED) is 0.154. The van der Waals surface area contributed by atoms with Crippen LogP contribution in [0, 0.1) is 0 Å². The van der Waals surface area contributed by atoms with E-state index in [1.54, 1.807) is 0 Å². The van der Waals surface area contributed by atoms with Crippen LogP contribution in [0.2, 0.25) is 0 Å². The van der Waals surface area contributed by atoms with Gasteiger partial charge in [0.05, 0.1) is 30.1 Å². The standard InChI is InChI=1S/C36H34ClN3O3/c1-2-31(25-13-5-3-6-14-25)40(32(41)23-27-17-9-10-18-28(27)24-37)21-22-43-35-33(36(38)42)29-19-11-12-20-30(29)39-34(35)26-15-7-4-8-16-26/h3-20,31H,2,21-24H2,1H3,(H2,38,42)/t31-/m0/s1. The first-order valence-corrected chi connectivity index (χ1v) is 14.9. The Balaban J connectivity index is 1.51. The number of nitrogens with two attached hydrogens (primary N) is 1. The van der Waals surface area contributed by atoms with Gasteiger partial charge in [0.25, 0.3) is 5.91 Å². The molecule has 0 aliphatic heterocycles. The van der Waals surface area contributed by atoms with Crippen molar-refractivity contribution in [2.75, 3.05) is 13.2 Å². The van der Waals surface area contributed by atoms with Crippen LogP contribution in [0.4, 0.5) is 0 Å². The molecule has 0 saturated heterocycles. The van der Waals surface area contributed by atoms with Gasteiger partial charge in [-0.1, -0.05) is 110 Å². The first kappa shape index (κ1) is 29.8. The Hall–Kier alpha value is -4.68. The van der Waals surface area contributed by atoms with Gasteiger partial charge in [-0.25, -0.2) is 4.98 Å². The second-order valence-corrected chi connectivity index (χ2v) is 10.5. The average molecular weight is 592 g/mol. The van der Waals surface area contributed by atoms with Crippen molar-refractivity contribution in [3.05, 3.63) is 131 Å². The Morgan fingerprint density at radius 3 is 2.16 bits per heavy atom. The Labute approximate surface area is 257 Å². The van der Waals surface area contributed by atoms with Crippen LogP contribution in [0.3, 0.4) is 0 Å². The summed E-state index contributed by atoms with van der Waals surface area (Å²) in [4.78, 5) is 33.6. The number of benzene rings is 4. The number of rotatable bonds is 12. The van der Waals surface area contributed by atoms with E-state index in [1.807, 2.05) is 114 Å². The molecule has 0 unspecified atom stereocenters. The Morgan fingerprint density at radius 2 is 1.49 bits per heavy atom. The lowest BCUT2D eigenvalue weighted by molar-refractivity contribution is -0.133. The molecule has 0 fully saturated rings. The first-order valence-electron chi connectivity index (χ1n) is 14.4. The zero-order valence-electron chi connectivity index (χ0n) is 24.1. The Bertz CT molecular complexity index is 1710. The molecule has 218 valence electrons. The van der Waals surface area contributed by atoms with E-state index in [0.717, 1.165) is 22.3 Å². The lowest BCUT2D eigenvalue weighted by Gasteiger charge is -2.32. The monoisotopic (exact) mass is 591 g/mol. The summed E-state index contributed by atoms with van der Waals surface area (Å²) in [6.45, 7) is 2.48. The molecule has 1 heterocycles. The summed E-state index contributed by atoms with van der Waals surface area (Å²) in [6.07, 6.45) is 0.928. The Morgan fingerprint density at radius 1 is 0.860 bits per heavy atom. The number of para-hydroxylation sites is 1. The van der Waals surface area contributed by atoms with Crippen LogP contribution in [0.15, 0.2) is 109 Å². The molecular formula is C36H34ClN3O3. The van der Waals surface area contributed by atoms with Gasteiger partial charge in [0.15, 0.2) is 5.75 Å². The minimum Gasteiger partial charge on any atom is -0.489 e. The van der Waals surface area contributed by atoms with Crippen LogP contribution >= 0.6 is 11.6 Å². The highest BCUT2D eigenvalue weighted by atomic mass is 35.5. The van der Waals surface area contributed by atoms with E-state index in [1.165, 1.54) is 0 Å². The van der Waals surface area contributed by atoms with E-state index in [9.17, 15) is 9.59 Å². The number of aromatic nitrogens is 1. The molecule has 0 radical (unpaired) electrons. The van der Waals surface area contributed by atoms with Crippen molar-refractivity contribution in [3.63, 3.8) is 0 Å². The van der Waals surface area contributed by atoms with E-state index >= 15 is 0 Å². The number of amides is 2. The molecule has 0 bridgehead atoms. The number of hydrogen-bond acceptors (Lipinski definition) is 4. The predicted octanol–water partition coefficient (Wildman–Crippen LogP) is 7.34. The molecule has 0 spiro atoms. The van der Waals surface area contributed by atoms with Crippen LogP contribution in [0.25, 0.3) is 22.2 Å². The smallest absolute Gasteiger partial charge is 0.253 e. The number of halogens is 1. The van der Waals surface area contributed by atoms with Crippen molar-refractivity contribution in [2.24, 2.45) is 5.73 Å². The molecule has 2 N–H and O–H groups in total. The topological polar surface area (TPSA) is 85.5 Å². The summed E-state index contributed by atoms with van der Waals surface area (Å²) in [5, 5.41) is 0.617. The zero-order chi connectivity index (χ0) is 30.2. The van der Waals surface area contributed by atoms with Gasteiger partial charge >= 0.3 is 0 Å². The minimum atomic E-state index is -0.605. The largest absolute Gasteiger partial charge is 0.489 e. The van der Waals surface area contributed by atoms with Crippen molar-refractivity contribution in [2.45, 2.75) is 31.7 Å². The molecular weight excluding hydrogens is 558 g/mol. The number of nitrogens with zero attached hydrogens (tertiary/aromatic N) is 2. The maximum Gasteiger partial charge on any atom is 0.253 e. The number of carbonyl (C=O) groups excluding carboxylic acids is 2. The minimum absolute atomic E-state index is 0.0353. The summed E-state index contributed by atoms with van der Waals surface area (Å²) < 4.78 is 6.42. The van der Waals surface area contributed by atoms with Crippen LogP contribution in [0.5, 0.6) is 5.75 Å². The first-order chi connectivity index (χ1) is 21.0. The molecule has 6 nitrogen and oxygen atoms in total. The number of ether oxygens (including phenoxy) is 1. The third-order valence-corrected chi connectivity index (χ3v) is 7.88. The number of carbonyl (C=O) groups is 2. The third-order valence-electron chi connectivity index (χ3n) is 7.59. The molecule has 5 aromatic rings. The van der Waals surface area contributed by atoms with Gasteiger partial charge in [-0.15, -0.1) is 11.6 Å². The number of hydrogen-bond donors (Lipinski definition) is 1. The van der Waals surface area contributed by atoms with Crippen LogP contribution < -0.4 is 10.5 Å². The molecule has 5 rings (SSSR count). The van der Waals surface area contributed by atoms with Crippen molar-refractivity contribution >= 4 is 34.3 Å². The van der Waals surface area contributed by atoms with Gasteiger partial charge in [0.2, 0.25) is 5.91 Å². The number of primary amides is 1. The molecule has 4 aromatic carbocycles. The van der Waals surface area contributed by atoms with Crippen molar-refractivity contribution in [1.29, 1.82) is 0 Å². The number of alkyl halides is 1. The molecule has 43 heavy (non-hydrogen) atoms. The molecule has 0 aliphatic rings. The maximum absolute atomic E-state index is 14.0. The van der Waals surface area contributed by atoms with Gasteiger partial charge < -0.3 is 15.4 Å². The zero-order valence-corrected chi connectivity index (χ0v) is 24.8.